The fourth-order valence-electron chi connectivity index (χ4n) is 1.52. The van der Waals surface area contributed by atoms with Crippen LogP contribution in [0.15, 0.2) is 56.7 Å². The number of ketones is 1. The molecule has 0 aliphatic heterocycles. The Morgan fingerprint density at radius 1 is 1.22 bits per heavy atom. The number of carbonyl (C=O) groups is 1. The molecule has 18 heavy (non-hydrogen) atoms. The van der Waals surface area contributed by atoms with Gasteiger partial charge in [0, 0.05) is 19.8 Å². The molecule has 0 aliphatic carbocycles. The van der Waals surface area contributed by atoms with E-state index >= 15 is 0 Å². The second-order valence-corrected chi connectivity index (χ2v) is 5.79. The highest BCUT2D eigenvalue weighted by Gasteiger charge is 2.09. The Labute approximate surface area is 118 Å². The van der Waals surface area contributed by atoms with Crippen molar-refractivity contribution in [1.82, 2.24) is 0 Å². The van der Waals surface area contributed by atoms with Crippen molar-refractivity contribution in [2.45, 2.75) is 16.7 Å². The number of benzene rings is 2. The first-order valence-electron chi connectivity index (χ1n) is 5.30. The Hall–Kier alpha value is -1.13. The molecule has 0 N–H and O–H groups in total. The van der Waals surface area contributed by atoms with Gasteiger partial charge in [0.2, 0.25) is 0 Å². The molecule has 1 nitrogen and oxygen atoms in total. The zero-order valence-electron chi connectivity index (χ0n) is 9.61. The van der Waals surface area contributed by atoms with Crippen LogP contribution in [0.1, 0.15) is 17.3 Å². The van der Waals surface area contributed by atoms with E-state index in [4.69, 9.17) is 0 Å². The lowest BCUT2D eigenvalue weighted by Crippen LogP contribution is -1.95. The van der Waals surface area contributed by atoms with Gasteiger partial charge >= 0.3 is 0 Å². The van der Waals surface area contributed by atoms with E-state index in [1.165, 1.54) is 30.8 Å². The van der Waals surface area contributed by atoms with Gasteiger partial charge in [-0.15, -0.1) is 0 Å². The van der Waals surface area contributed by atoms with Crippen LogP contribution in [0, 0.1) is 5.82 Å². The number of hydrogen-bond acceptors (Lipinski definition) is 2. The maximum absolute atomic E-state index is 13.1. The van der Waals surface area contributed by atoms with Gasteiger partial charge in [-0.05, 0) is 43.3 Å². The smallest absolute Gasteiger partial charge is 0.160 e. The lowest BCUT2D eigenvalue weighted by Gasteiger charge is -2.07. The van der Waals surface area contributed by atoms with Gasteiger partial charge in [-0.2, -0.15) is 0 Å². The largest absolute Gasteiger partial charge is 0.294 e. The van der Waals surface area contributed by atoms with E-state index in [1.54, 1.807) is 12.1 Å². The van der Waals surface area contributed by atoms with E-state index in [-0.39, 0.29) is 11.6 Å². The second-order valence-electron chi connectivity index (χ2n) is 3.76. The lowest BCUT2D eigenvalue weighted by molar-refractivity contribution is 0.101. The topological polar surface area (TPSA) is 17.1 Å². The Morgan fingerprint density at radius 3 is 2.67 bits per heavy atom. The quantitative estimate of drug-likeness (QED) is 0.744. The molecule has 0 radical (unpaired) electrons. The molecule has 0 spiro atoms. The Balaban J connectivity index is 2.37. The zero-order chi connectivity index (χ0) is 13.1. The highest BCUT2D eigenvalue weighted by atomic mass is 79.9. The van der Waals surface area contributed by atoms with Crippen molar-refractivity contribution >= 4 is 33.5 Å². The highest BCUT2D eigenvalue weighted by molar-refractivity contribution is 9.10. The minimum absolute atomic E-state index is 0.00444. The summed E-state index contributed by atoms with van der Waals surface area (Å²) in [6, 6.07) is 11.8. The van der Waals surface area contributed by atoms with E-state index in [9.17, 15) is 9.18 Å². The summed E-state index contributed by atoms with van der Waals surface area (Å²) >= 11 is 4.72. The Bertz CT molecular complexity index is 598. The molecule has 4 heteroatoms. The molecule has 0 amide bonds. The van der Waals surface area contributed by atoms with Crippen LogP contribution in [0.25, 0.3) is 0 Å². The van der Waals surface area contributed by atoms with Crippen LogP contribution >= 0.6 is 27.7 Å². The Kier molecular flexibility index (Phi) is 4.19. The lowest BCUT2D eigenvalue weighted by atomic mass is 10.1. The number of rotatable bonds is 3. The Morgan fingerprint density at radius 2 is 2.00 bits per heavy atom. The van der Waals surface area contributed by atoms with Gasteiger partial charge < -0.3 is 0 Å². The second kappa shape index (κ2) is 5.67. The molecule has 0 aliphatic rings. The first-order chi connectivity index (χ1) is 8.56. The molecule has 92 valence electrons. The number of Topliss-reactive ketones (excluding diaryl/α,β-unsaturated/α-hetero) is 1. The molecule has 0 heterocycles. The summed E-state index contributed by atoms with van der Waals surface area (Å²) in [5.74, 6) is -0.281. The summed E-state index contributed by atoms with van der Waals surface area (Å²) in [6.07, 6.45) is 0. The van der Waals surface area contributed by atoms with Crippen LogP contribution in [0.4, 0.5) is 4.39 Å². The fourth-order valence-corrected chi connectivity index (χ4v) is 2.91. The van der Waals surface area contributed by atoms with Gasteiger partial charge in [0.1, 0.15) is 5.82 Å². The van der Waals surface area contributed by atoms with E-state index in [0.717, 1.165) is 14.3 Å². The number of halogens is 2. The van der Waals surface area contributed by atoms with Gasteiger partial charge in [0.15, 0.2) is 5.78 Å². The van der Waals surface area contributed by atoms with Gasteiger partial charge in [-0.1, -0.05) is 33.8 Å². The van der Waals surface area contributed by atoms with Gasteiger partial charge in [0.25, 0.3) is 0 Å². The number of carbonyl (C=O) groups excluding carboxylic acids is 1. The van der Waals surface area contributed by atoms with Crippen molar-refractivity contribution in [1.29, 1.82) is 0 Å². The first-order valence-corrected chi connectivity index (χ1v) is 6.91. The summed E-state index contributed by atoms with van der Waals surface area (Å²) in [7, 11) is 0. The van der Waals surface area contributed by atoms with Crippen molar-refractivity contribution in [3.05, 3.63) is 58.3 Å². The minimum atomic E-state index is -0.276. The molecule has 0 fully saturated rings. The maximum atomic E-state index is 13.1. The molecule has 0 unspecified atom stereocenters. The van der Waals surface area contributed by atoms with Crippen LogP contribution < -0.4 is 0 Å². The van der Waals surface area contributed by atoms with Crippen molar-refractivity contribution in [3.63, 3.8) is 0 Å². The molecule has 2 aromatic carbocycles. The molecule has 2 rings (SSSR count). The standard InChI is InChI=1S/C14H10BrFOS/c1-9(17)13-7-10(15)5-6-14(13)18-12-4-2-3-11(16)8-12/h2-8H,1H3. The van der Waals surface area contributed by atoms with Crippen molar-refractivity contribution in [3.8, 4) is 0 Å². The normalized spacial score (nSPS) is 10.4. The molecule has 0 saturated heterocycles. The van der Waals surface area contributed by atoms with E-state index in [1.807, 2.05) is 18.2 Å². The summed E-state index contributed by atoms with van der Waals surface area (Å²) < 4.78 is 14.0. The van der Waals surface area contributed by atoms with Crippen LogP contribution in [-0.4, -0.2) is 5.78 Å². The zero-order valence-corrected chi connectivity index (χ0v) is 12.0. The summed E-state index contributed by atoms with van der Waals surface area (Å²) in [4.78, 5) is 13.2. The van der Waals surface area contributed by atoms with Gasteiger partial charge in [0.05, 0.1) is 0 Å². The van der Waals surface area contributed by atoms with E-state index in [2.05, 4.69) is 15.9 Å². The molecule has 2 aromatic rings. The molecule has 0 bridgehead atoms. The molecule has 0 atom stereocenters. The van der Waals surface area contributed by atoms with E-state index in [0.29, 0.717) is 5.56 Å². The average molecular weight is 325 g/mol. The van der Waals surface area contributed by atoms with Crippen molar-refractivity contribution in [2.75, 3.05) is 0 Å². The third-order valence-corrected chi connectivity index (χ3v) is 3.90. The van der Waals surface area contributed by atoms with Crippen molar-refractivity contribution < 1.29 is 9.18 Å². The predicted octanol–water partition coefficient (Wildman–Crippen LogP) is 4.94. The molecule has 0 aromatic heterocycles. The first kappa shape index (κ1) is 13.3. The predicted molar refractivity (Wildman–Crippen MR) is 74.7 cm³/mol. The van der Waals surface area contributed by atoms with Crippen LogP contribution in [0.5, 0.6) is 0 Å². The van der Waals surface area contributed by atoms with Crippen LogP contribution in [0.3, 0.4) is 0 Å². The van der Waals surface area contributed by atoms with Gasteiger partial charge in [-0.25, -0.2) is 4.39 Å². The van der Waals surface area contributed by atoms with Crippen LogP contribution in [0.2, 0.25) is 0 Å². The SMILES string of the molecule is CC(=O)c1cc(Br)ccc1Sc1cccc(F)c1. The van der Waals surface area contributed by atoms with Crippen molar-refractivity contribution in [2.24, 2.45) is 0 Å². The maximum Gasteiger partial charge on any atom is 0.160 e. The summed E-state index contributed by atoms with van der Waals surface area (Å²) in [5.41, 5.74) is 0.638. The van der Waals surface area contributed by atoms with Gasteiger partial charge in [-0.3, -0.25) is 4.79 Å². The summed E-state index contributed by atoms with van der Waals surface area (Å²) in [5, 5.41) is 0. The van der Waals surface area contributed by atoms with Crippen LogP contribution in [-0.2, 0) is 0 Å². The number of hydrogen-bond donors (Lipinski definition) is 0. The van der Waals surface area contributed by atoms with E-state index < -0.39 is 0 Å². The average Bonchev–Trinajstić information content (AvgIpc) is 2.31. The molecular formula is C14H10BrFOS. The molecular weight excluding hydrogens is 315 g/mol. The monoisotopic (exact) mass is 324 g/mol. The molecule has 0 saturated carbocycles. The minimum Gasteiger partial charge on any atom is -0.294 e. The summed E-state index contributed by atoms with van der Waals surface area (Å²) in [6.45, 7) is 1.53. The third-order valence-electron chi connectivity index (χ3n) is 2.34. The fraction of sp³-hybridized carbons (Fsp3) is 0.0714. The highest BCUT2D eigenvalue weighted by Crippen LogP contribution is 2.32. The third kappa shape index (κ3) is 3.21.